The molecule has 19 heavy (non-hydrogen) atoms. The number of benzene rings is 1. The summed E-state index contributed by atoms with van der Waals surface area (Å²) in [6.07, 6.45) is 0.813. The molecule has 4 nitrogen and oxygen atoms in total. The Morgan fingerprint density at radius 1 is 1.47 bits per heavy atom. The number of nitrogens with one attached hydrogen (secondary N) is 1. The zero-order valence-corrected chi connectivity index (χ0v) is 12.0. The Bertz CT molecular complexity index is 560. The quantitative estimate of drug-likeness (QED) is 0.909. The van der Waals surface area contributed by atoms with Gasteiger partial charge in [-0.05, 0) is 50.6 Å². The lowest BCUT2D eigenvalue weighted by Gasteiger charge is -2.17. The van der Waals surface area contributed by atoms with E-state index < -0.39 is 15.8 Å². The predicted molar refractivity (Wildman–Crippen MR) is 71.9 cm³/mol. The molecule has 0 radical (unpaired) electrons. The van der Waals surface area contributed by atoms with Gasteiger partial charge in [0, 0.05) is 13.1 Å². The maximum atomic E-state index is 13.7. The summed E-state index contributed by atoms with van der Waals surface area (Å²) in [4.78, 5) is -0.211. The molecule has 1 heterocycles. The van der Waals surface area contributed by atoms with Gasteiger partial charge in [-0.15, -0.1) is 0 Å². The second-order valence-electron chi connectivity index (χ2n) is 5.01. The number of sulfonamides is 1. The van der Waals surface area contributed by atoms with Crippen LogP contribution in [0.2, 0.25) is 0 Å². The molecule has 1 aliphatic rings. The highest BCUT2D eigenvalue weighted by Gasteiger charge is 2.33. The Balaban J connectivity index is 2.26. The van der Waals surface area contributed by atoms with Crippen LogP contribution in [0.3, 0.4) is 0 Å². The standard InChI is InChI=1S/C13H19FN2O2S/c1-10-3-4-12(14)13(7-10)19(17,18)16-6-5-11(9-16)8-15-2/h3-4,7,11,15H,5-6,8-9H2,1-2H3/t11-/m1/s1. The van der Waals surface area contributed by atoms with Crippen molar-refractivity contribution >= 4 is 10.0 Å². The van der Waals surface area contributed by atoms with E-state index in [0.717, 1.165) is 18.5 Å². The van der Waals surface area contributed by atoms with Gasteiger partial charge in [0.25, 0.3) is 0 Å². The van der Waals surface area contributed by atoms with Crippen LogP contribution in [0.15, 0.2) is 23.1 Å². The first-order valence-electron chi connectivity index (χ1n) is 6.36. The van der Waals surface area contributed by atoms with Crippen molar-refractivity contribution in [1.82, 2.24) is 9.62 Å². The van der Waals surface area contributed by atoms with E-state index in [4.69, 9.17) is 0 Å². The van der Waals surface area contributed by atoms with Crippen LogP contribution in [-0.2, 0) is 10.0 Å². The molecule has 1 N–H and O–H groups in total. The summed E-state index contributed by atoms with van der Waals surface area (Å²) in [5, 5.41) is 3.05. The third kappa shape index (κ3) is 2.96. The summed E-state index contributed by atoms with van der Waals surface area (Å²) in [6, 6.07) is 4.18. The van der Waals surface area contributed by atoms with E-state index in [2.05, 4.69) is 5.32 Å². The average molecular weight is 286 g/mol. The van der Waals surface area contributed by atoms with Crippen molar-refractivity contribution in [3.63, 3.8) is 0 Å². The van der Waals surface area contributed by atoms with Crippen molar-refractivity contribution in [3.8, 4) is 0 Å². The third-order valence-electron chi connectivity index (χ3n) is 3.45. The van der Waals surface area contributed by atoms with E-state index >= 15 is 0 Å². The van der Waals surface area contributed by atoms with Crippen LogP contribution >= 0.6 is 0 Å². The molecule has 1 fully saturated rings. The van der Waals surface area contributed by atoms with E-state index in [0.29, 0.717) is 19.0 Å². The number of nitrogens with zero attached hydrogens (tertiary/aromatic N) is 1. The van der Waals surface area contributed by atoms with Crippen LogP contribution in [0.25, 0.3) is 0 Å². The SMILES string of the molecule is CNC[C@H]1CCN(S(=O)(=O)c2cc(C)ccc2F)C1. The first-order valence-corrected chi connectivity index (χ1v) is 7.80. The molecule has 0 aromatic heterocycles. The summed E-state index contributed by atoms with van der Waals surface area (Å²) in [5.41, 5.74) is 0.742. The average Bonchev–Trinajstić information content (AvgIpc) is 2.82. The number of hydrogen-bond donors (Lipinski definition) is 1. The summed E-state index contributed by atoms with van der Waals surface area (Å²) in [7, 11) is -1.87. The van der Waals surface area contributed by atoms with Gasteiger partial charge in [0.1, 0.15) is 10.7 Å². The Kier molecular flexibility index (Phi) is 4.23. The largest absolute Gasteiger partial charge is 0.319 e. The highest BCUT2D eigenvalue weighted by molar-refractivity contribution is 7.89. The van der Waals surface area contributed by atoms with Crippen LogP contribution in [0.5, 0.6) is 0 Å². The van der Waals surface area contributed by atoms with Gasteiger partial charge in [-0.2, -0.15) is 4.31 Å². The molecule has 2 rings (SSSR count). The molecule has 0 saturated carbocycles. The molecule has 0 spiro atoms. The molecular formula is C13H19FN2O2S. The Labute approximate surface area is 113 Å². The molecular weight excluding hydrogens is 267 g/mol. The van der Waals surface area contributed by atoms with Crippen molar-refractivity contribution in [2.45, 2.75) is 18.2 Å². The van der Waals surface area contributed by atoms with Crippen molar-refractivity contribution in [3.05, 3.63) is 29.6 Å². The second kappa shape index (κ2) is 5.56. The first-order chi connectivity index (χ1) is 8.95. The van der Waals surface area contributed by atoms with Gasteiger partial charge in [-0.1, -0.05) is 6.07 Å². The molecule has 106 valence electrons. The van der Waals surface area contributed by atoms with E-state index in [1.807, 2.05) is 7.05 Å². The lowest BCUT2D eigenvalue weighted by atomic mass is 10.1. The fourth-order valence-electron chi connectivity index (χ4n) is 2.42. The van der Waals surface area contributed by atoms with Crippen LogP contribution < -0.4 is 5.32 Å². The fourth-order valence-corrected chi connectivity index (χ4v) is 4.10. The highest BCUT2D eigenvalue weighted by atomic mass is 32.2. The summed E-state index contributed by atoms with van der Waals surface area (Å²) < 4.78 is 40.0. The van der Waals surface area contributed by atoms with Crippen molar-refractivity contribution in [1.29, 1.82) is 0 Å². The maximum absolute atomic E-state index is 13.7. The zero-order chi connectivity index (χ0) is 14.0. The van der Waals surface area contributed by atoms with Gasteiger partial charge < -0.3 is 5.32 Å². The van der Waals surface area contributed by atoms with Crippen LogP contribution in [-0.4, -0.2) is 39.4 Å². The Morgan fingerprint density at radius 3 is 2.89 bits per heavy atom. The van der Waals surface area contributed by atoms with E-state index in [9.17, 15) is 12.8 Å². The molecule has 1 atom stereocenters. The monoisotopic (exact) mass is 286 g/mol. The van der Waals surface area contributed by atoms with Gasteiger partial charge in [-0.3, -0.25) is 0 Å². The fraction of sp³-hybridized carbons (Fsp3) is 0.538. The van der Waals surface area contributed by atoms with Gasteiger partial charge in [0.15, 0.2) is 0 Å². The Morgan fingerprint density at radius 2 is 2.21 bits per heavy atom. The zero-order valence-electron chi connectivity index (χ0n) is 11.2. The molecule has 0 bridgehead atoms. The summed E-state index contributed by atoms with van der Waals surface area (Å²) >= 11 is 0. The molecule has 1 aliphatic heterocycles. The molecule has 1 aromatic carbocycles. The molecule has 0 unspecified atom stereocenters. The first kappa shape index (κ1) is 14.4. The number of rotatable bonds is 4. The number of aryl methyl sites for hydroxylation is 1. The van der Waals surface area contributed by atoms with Crippen LogP contribution in [0, 0.1) is 18.7 Å². The van der Waals surface area contributed by atoms with Crippen molar-refractivity contribution in [2.24, 2.45) is 5.92 Å². The lowest BCUT2D eigenvalue weighted by molar-refractivity contribution is 0.446. The van der Waals surface area contributed by atoms with Gasteiger partial charge in [0.2, 0.25) is 10.0 Å². The van der Waals surface area contributed by atoms with Crippen molar-refractivity contribution < 1.29 is 12.8 Å². The van der Waals surface area contributed by atoms with Crippen LogP contribution in [0.4, 0.5) is 4.39 Å². The molecule has 1 aromatic rings. The minimum absolute atomic E-state index is 0.211. The third-order valence-corrected chi connectivity index (χ3v) is 5.33. The van der Waals surface area contributed by atoms with E-state index in [1.165, 1.54) is 16.4 Å². The highest BCUT2D eigenvalue weighted by Crippen LogP contribution is 2.26. The molecule has 0 amide bonds. The minimum atomic E-state index is -3.71. The lowest BCUT2D eigenvalue weighted by Crippen LogP contribution is -2.31. The van der Waals surface area contributed by atoms with Gasteiger partial charge in [0.05, 0.1) is 0 Å². The van der Waals surface area contributed by atoms with Crippen LogP contribution in [0.1, 0.15) is 12.0 Å². The van der Waals surface area contributed by atoms with E-state index in [1.54, 1.807) is 13.0 Å². The predicted octanol–water partition coefficient (Wildman–Crippen LogP) is 1.36. The molecule has 1 saturated heterocycles. The topological polar surface area (TPSA) is 49.4 Å². The second-order valence-corrected chi connectivity index (χ2v) is 6.92. The maximum Gasteiger partial charge on any atom is 0.246 e. The summed E-state index contributed by atoms with van der Waals surface area (Å²) in [6.45, 7) is 3.45. The smallest absolute Gasteiger partial charge is 0.246 e. The normalized spacial score (nSPS) is 20.9. The summed E-state index contributed by atoms with van der Waals surface area (Å²) in [5.74, 6) is -0.379. The number of halogens is 1. The van der Waals surface area contributed by atoms with E-state index in [-0.39, 0.29) is 4.90 Å². The minimum Gasteiger partial charge on any atom is -0.319 e. The Hall–Kier alpha value is -0.980. The molecule has 0 aliphatic carbocycles. The van der Waals surface area contributed by atoms with Gasteiger partial charge >= 0.3 is 0 Å². The van der Waals surface area contributed by atoms with Crippen molar-refractivity contribution in [2.75, 3.05) is 26.7 Å². The molecule has 6 heteroatoms. The van der Waals surface area contributed by atoms with Gasteiger partial charge in [-0.25, -0.2) is 12.8 Å². The number of hydrogen-bond acceptors (Lipinski definition) is 3.